The van der Waals surface area contributed by atoms with Crippen molar-refractivity contribution >= 4 is 29.1 Å². The second-order valence-electron chi connectivity index (χ2n) is 6.57. The average Bonchev–Trinajstić information content (AvgIpc) is 3.08. The van der Waals surface area contributed by atoms with E-state index in [0.29, 0.717) is 11.6 Å². The number of nitrogens with zero attached hydrogens (tertiary/aromatic N) is 2. The van der Waals surface area contributed by atoms with Crippen molar-refractivity contribution in [1.82, 2.24) is 5.32 Å². The lowest BCUT2D eigenvalue weighted by Crippen LogP contribution is -2.25. The Morgan fingerprint density at radius 1 is 1.17 bits per heavy atom. The first-order valence-corrected chi connectivity index (χ1v) is 10.5. The Hall–Kier alpha value is -2.80. The number of thioether (sulfide) groups is 1. The van der Waals surface area contributed by atoms with Gasteiger partial charge in [-0.25, -0.2) is 0 Å². The van der Waals surface area contributed by atoms with Gasteiger partial charge in [0.05, 0.1) is 25.2 Å². The summed E-state index contributed by atoms with van der Waals surface area (Å²) in [6, 6.07) is 15.4. The molecule has 0 aromatic heterocycles. The van der Waals surface area contributed by atoms with E-state index in [0.717, 1.165) is 42.1 Å². The molecule has 1 saturated heterocycles. The number of unbranched alkanes of at least 4 members (excludes halogenated alkanes) is 1. The summed E-state index contributed by atoms with van der Waals surface area (Å²) in [7, 11) is 1.63. The molecule has 2 aromatic rings. The first-order valence-electron chi connectivity index (χ1n) is 9.62. The number of amides is 1. The molecule has 3 rings (SSSR count). The lowest BCUT2D eigenvalue weighted by atomic mass is 10.1. The molecule has 0 aliphatic carbocycles. The molecule has 1 aliphatic heterocycles. The lowest BCUT2D eigenvalue weighted by Gasteiger charge is -2.07. The minimum Gasteiger partial charge on any atom is -0.497 e. The van der Waals surface area contributed by atoms with Gasteiger partial charge in [-0.15, -0.1) is 5.10 Å². The van der Waals surface area contributed by atoms with Gasteiger partial charge in [0.2, 0.25) is 5.91 Å². The molecule has 1 aliphatic rings. The zero-order valence-corrected chi connectivity index (χ0v) is 17.4. The van der Waals surface area contributed by atoms with Crippen LogP contribution in [-0.4, -0.2) is 36.3 Å². The first kappa shape index (κ1) is 20.9. The quantitative estimate of drug-likeness (QED) is 0.384. The maximum Gasteiger partial charge on any atom is 0.239 e. The van der Waals surface area contributed by atoms with Gasteiger partial charge >= 0.3 is 0 Å². The van der Waals surface area contributed by atoms with Gasteiger partial charge in [0, 0.05) is 0 Å². The Labute approximate surface area is 175 Å². The van der Waals surface area contributed by atoms with Crippen molar-refractivity contribution < 1.29 is 14.3 Å². The van der Waals surface area contributed by atoms with E-state index < -0.39 is 0 Å². The van der Waals surface area contributed by atoms with Crippen molar-refractivity contribution in [3.05, 3.63) is 59.7 Å². The topological polar surface area (TPSA) is 72.3 Å². The van der Waals surface area contributed by atoms with E-state index in [2.05, 4.69) is 22.4 Å². The van der Waals surface area contributed by atoms with Crippen LogP contribution < -0.4 is 14.8 Å². The number of amidine groups is 1. The van der Waals surface area contributed by atoms with Crippen molar-refractivity contribution in [2.45, 2.75) is 31.4 Å². The molecular formula is C22H25N3O3S. The fourth-order valence-electron chi connectivity index (χ4n) is 2.73. The van der Waals surface area contributed by atoms with Crippen LogP contribution in [0.15, 0.2) is 58.7 Å². The van der Waals surface area contributed by atoms with E-state index >= 15 is 0 Å². The highest BCUT2D eigenvalue weighted by atomic mass is 32.2. The number of rotatable bonds is 9. The molecule has 0 saturated carbocycles. The van der Waals surface area contributed by atoms with Gasteiger partial charge in [0.1, 0.15) is 11.5 Å². The predicted octanol–water partition coefficient (Wildman–Crippen LogP) is 4.04. The number of hydrogen-bond donors (Lipinski definition) is 1. The van der Waals surface area contributed by atoms with E-state index in [-0.39, 0.29) is 11.2 Å². The minimum absolute atomic E-state index is 0.0552. The summed E-state index contributed by atoms with van der Waals surface area (Å²) < 4.78 is 10.9. The standard InChI is InChI=1S/C22H25N3O3S/c1-3-4-12-28-18-10-8-16(9-11-18)15-23-25-22-24-21(26)20(29-22)14-17-6-5-7-19(13-17)27-2/h5-11,13,15,20H,3-4,12,14H2,1-2H3,(H,24,25,26)/b23-15-/t20-/m1/s1. The summed E-state index contributed by atoms with van der Waals surface area (Å²) in [4.78, 5) is 12.2. The van der Waals surface area contributed by atoms with Gasteiger partial charge in [0.15, 0.2) is 5.17 Å². The number of hydrogen-bond acceptors (Lipinski definition) is 6. The number of methoxy groups -OCH3 is 1. The molecular weight excluding hydrogens is 386 g/mol. The molecule has 1 N–H and O–H groups in total. The Bertz CT molecular complexity index is 881. The summed E-state index contributed by atoms with van der Waals surface area (Å²) in [6.45, 7) is 2.86. The number of ether oxygens (including phenoxy) is 2. The van der Waals surface area contributed by atoms with Crippen LogP contribution in [0.5, 0.6) is 11.5 Å². The van der Waals surface area contributed by atoms with E-state index in [1.807, 2.05) is 48.5 Å². The molecule has 7 heteroatoms. The van der Waals surface area contributed by atoms with Crippen molar-refractivity contribution in [3.63, 3.8) is 0 Å². The molecule has 152 valence electrons. The minimum atomic E-state index is -0.226. The van der Waals surface area contributed by atoms with Crippen LogP contribution in [0.2, 0.25) is 0 Å². The molecule has 1 heterocycles. The smallest absolute Gasteiger partial charge is 0.239 e. The summed E-state index contributed by atoms with van der Waals surface area (Å²) in [5.74, 6) is 1.58. The third kappa shape index (κ3) is 6.35. The van der Waals surface area contributed by atoms with E-state index in [9.17, 15) is 4.79 Å². The van der Waals surface area contributed by atoms with Crippen LogP contribution in [0.4, 0.5) is 0 Å². The Kier molecular flexibility index (Phi) is 7.69. The summed E-state index contributed by atoms with van der Waals surface area (Å²) >= 11 is 1.39. The van der Waals surface area contributed by atoms with Crippen LogP contribution in [0.3, 0.4) is 0 Å². The summed E-state index contributed by atoms with van der Waals surface area (Å²) in [5, 5.41) is 11.3. The normalized spacial score (nSPS) is 17.7. The highest BCUT2D eigenvalue weighted by Gasteiger charge is 2.30. The molecule has 0 unspecified atom stereocenters. The van der Waals surface area contributed by atoms with Crippen LogP contribution in [0.1, 0.15) is 30.9 Å². The van der Waals surface area contributed by atoms with Crippen LogP contribution in [0.25, 0.3) is 0 Å². The molecule has 2 aromatic carbocycles. The third-order valence-corrected chi connectivity index (χ3v) is 5.41. The van der Waals surface area contributed by atoms with Gasteiger partial charge in [-0.2, -0.15) is 5.10 Å². The monoisotopic (exact) mass is 411 g/mol. The number of carbonyl (C=O) groups excluding carboxylic acids is 1. The molecule has 0 spiro atoms. The van der Waals surface area contributed by atoms with Crippen molar-refractivity contribution in [1.29, 1.82) is 0 Å². The number of carbonyl (C=O) groups is 1. The number of benzene rings is 2. The lowest BCUT2D eigenvalue weighted by molar-refractivity contribution is -0.118. The van der Waals surface area contributed by atoms with Gasteiger partial charge in [-0.3, -0.25) is 4.79 Å². The molecule has 0 bridgehead atoms. The average molecular weight is 412 g/mol. The zero-order chi connectivity index (χ0) is 20.5. The summed E-state index contributed by atoms with van der Waals surface area (Å²) in [6.07, 6.45) is 4.42. The molecule has 0 radical (unpaired) electrons. The van der Waals surface area contributed by atoms with Gasteiger partial charge < -0.3 is 14.8 Å². The van der Waals surface area contributed by atoms with E-state index in [4.69, 9.17) is 9.47 Å². The Balaban J connectivity index is 1.54. The molecule has 29 heavy (non-hydrogen) atoms. The molecule has 6 nitrogen and oxygen atoms in total. The zero-order valence-electron chi connectivity index (χ0n) is 16.6. The maximum absolute atomic E-state index is 12.2. The number of nitrogens with one attached hydrogen (secondary N) is 1. The fourth-order valence-corrected chi connectivity index (χ4v) is 3.70. The molecule has 1 amide bonds. The Morgan fingerprint density at radius 2 is 2.00 bits per heavy atom. The third-order valence-electron chi connectivity index (χ3n) is 4.33. The van der Waals surface area contributed by atoms with E-state index in [1.165, 1.54) is 11.8 Å². The molecule has 1 atom stereocenters. The van der Waals surface area contributed by atoms with Crippen molar-refractivity contribution in [2.75, 3.05) is 13.7 Å². The van der Waals surface area contributed by atoms with Crippen LogP contribution >= 0.6 is 11.8 Å². The maximum atomic E-state index is 12.2. The van der Waals surface area contributed by atoms with Gasteiger partial charge in [-0.05, 0) is 60.4 Å². The first-order chi connectivity index (χ1) is 14.2. The van der Waals surface area contributed by atoms with Gasteiger partial charge in [-0.1, -0.05) is 37.2 Å². The summed E-state index contributed by atoms with van der Waals surface area (Å²) in [5.41, 5.74) is 1.96. The van der Waals surface area contributed by atoms with Crippen LogP contribution in [-0.2, 0) is 11.2 Å². The molecule has 1 fully saturated rings. The highest BCUT2D eigenvalue weighted by Crippen LogP contribution is 2.24. The van der Waals surface area contributed by atoms with E-state index in [1.54, 1.807) is 13.3 Å². The highest BCUT2D eigenvalue weighted by molar-refractivity contribution is 8.15. The van der Waals surface area contributed by atoms with Gasteiger partial charge in [0.25, 0.3) is 0 Å². The van der Waals surface area contributed by atoms with Crippen molar-refractivity contribution in [3.8, 4) is 11.5 Å². The Morgan fingerprint density at radius 3 is 2.76 bits per heavy atom. The van der Waals surface area contributed by atoms with Crippen LogP contribution in [0, 0.1) is 0 Å². The SMILES string of the molecule is CCCCOc1ccc(/C=N\N=C2/NC(=O)[C@@H](Cc3cccc(OC)c3)S2)cc1. The fraction of sp³-hybridized carbons (Fsp3) is 0.318. The largest absolute Gasteiger partial charge is 0.497 e. The second-order valence-corrected chi connectivity index (χ2v) is 7.76. The van der Waals surface area contributed by atoms with Crippen molar-refractivity contribution in [2.24, 2.45) is 10.2 Å². The predicted molar refractivity (Wildman–Crippen MR) is 118 cm³/mol. The second kappa shape index (κ2) is 10.7.